The molecule has 0 heterocycles. The van der Waals surface area contributed by atoms with Crippen molar-refractivity contribution in [2.24, 2.45) is 5.92 Å². The Kier molecular flexibility index (Phi) is 6.49. The largest absolute Gasteiger partial charge is 0.317 e. The average Bonchev–Trinajstić information content (AvgIpc) is 2.77. The second-order valence-electron chi connectivity index (χ2n) is 5.23. The van der Waals surface area contributed by atoms with E-state index in [2.05, 4.69) is 5.32 Å². The molecule has 4 heteroatoms. The van der Waals surface area contributed by atoms with Crippen LogP contribution in [0.2, 0.25) is 0 Å². The minimum atomic E-state index is -2.79. The van der Waals surface area contributed by atoms with Gasteiger partial charge in [-0.3, -0.25) is 0 Å². The summed E-state index contributed by atoms with van der Waals surface area (Å²) in [6.07, 6.45) is 7.86. The molecule has 0 amide bonds. The van der Waals surface area contributed by atoms with E-state index in [1.165, 1.54) is 25.7 Å². The monoisotopic (exact) mass is 261 g/mol. The third-order valence-electron chi connectivity index (χ3n) is 3.83. The Morgan fingerprint density at radius 3 is 2.41 bits per heavy atom. The summed E-state index contributed by atoms with van der Waals surface area (Å²) >= 11 is 0. The summed E-state index contributed by atoms with van der Waals surface area (Å²) in [5.41, 5.74) is 0. The van der Waals surface area contributed by atoms with Gasteiger partial charge < -0.3 is 5.32 Å². The van der Waals surface area contributed by atoms with Crippen LogP contribution in [0.3, 0.4) is 0 Å². The highest BCUT2D eigenvalue weighted by molar-refractivity contribution is 7.91. The molecule has 3 nitrogen and oxygen atoms in total. The quantitative estimate of drug-likeness (QED) is 0.729. The van der Waals surface area contributed by atoms with Gasteiger partial charge in [-0.05, 0) is 45.1 Å². The van der Waals surface area contributed by atoms with Crippen LogP contribution >= 0.6 is 0 Å². The van der Waals surface area contributed by atoms with Crippen molar-refractivity contribution in [1.29, 1.82) is 0 Å². The maximum atomic E-state index is 11.6. The zero-order chi connectivity index (χ0) is 12.7. The number of hydrogen-bond acceptors (Lipinski definition) is 3. The number of sulfone groups is 1. The molecule has 102 valence electrons. The zero-order valence-electron chi connectivity index (χ0n) is 11.2. The van der Waals surface area contributed by atoms with E-state index >= 15 is 0 Å². The SMILES string of the molecule is CCCS(=O)(=O)CCCC(NC)C1CCCC1. The van der Waals surface area contributed by atoms with Gasteiger partial charge in [-0.25, -0.2) is 8.42 Å². The fraction of sp³-hybridized carbons (Fsp3) is 1.00. The Balaban J connectivity index is 2.28. The van der Waals surface area contributed by atoms with E-state index in [0.717, 1.165) is 25.2 Å². The summed E-state index contributed by atoms with van der Waals surface area (Å²) in [5.74, 6) is 1.49. The van der Waals surface area contributed by atoms with Crippen LogP contribution in [0.1, 0.15) is 51.9 Å². The molecule has 0 aromatic carbocycles. The molecular weight excluding hydrogens is 234 g/mol. The lowest BCUT2D eigenvalue weighted by Gasteiger charge is -2.22. The van der Waals surface area contributed by atoms with Gasteiger partial charge in [0.05, 0.1) is 5.75 Å². The highest BCUT2D eigenvalue weighted by Gasteiger charge is 2.23. The van der Waals surface area contributed by atoms with Gasteiger partial charge in [0.1, 0.15) is 9.84 Å². The van der Waals surface area contributed by atoms with E-state index in [0.29, 0.717) is 17.5 Å². The number of hydrogen-bond donors (Lipinski definition) is 1. The second kappa shape index (κ2) is 7.37. The molecule has 1 saturated carbocycles. The molecule has 0 aromatic rings. The summed E-state index contributed by atoms with van der Waals surface area (Å²) in [4.78, 5) is 0. The highest BCUT2D eigenvalue weighted by Crippen LogP contribution is 2.29. The molecule has 1 atom stereocenters. The van der Waals surface area contributed by atoms with Crippen molar-refractivity contribution in [3.63, 3.8) is 0 Å². The molecule has 1 rings (SSSR count). The van der Waals surface area contributed by atoms with E-state index in [9.17, 15) is 8.42 Å². The number of nitrogens with one attached hydrogen (secondary N) is 1. The molecule has 0 aliphatic heterocycles. The standard InChI is InChI=1S/C13H27NO2S/c1-3-10-17(15,16)11-6-9-13(14-2)12-7-4-5-8-12/h12-14H,3-11H2,1-2H3. The van der Waals surface area contributed by atoms with Gasteiger partial charge in [0, 0.05) is 11.8 Å². The van der Waals surface area contributed by atoms with Gasteiger partial charge >= 0.3 is 0 Å². The van der Waals surface area contributed by atoms with E-state index in [1.807, 2.05) is 14.0 Å². The van der Waals surface area contributed by atoms with Crippen LogP contribution in [-0.4, -0.2) is 33.0 Å². The molecule has 0 radical (unpaired) electrons. The van der Waals surface area contributed by atoms with Gasteiger partial charge in [-0.15, -0.1) is 0 Å². The minimum Gasteiger partial charge on any atom is -0.317 e. The van der Waals surface area contributed by atoms with E-state index in [4.69, 9.17) is 0 Å². The second-order valence-corrected chi connectivity index (χ2v) is 7.54. The molecule has 1 fully saturated rings. The van der Waals surface area contributed by atoms with Gasteiger partial charge in [0.2, 0.25) is 0 Å². The lowest BCUT2D eigenvalue weighted by molar-refractivity contribution is 0.357. The normalized spacial score (nSPS) is 19.6. The van der Waals surface area contributed by atoms with Crippen LogP contribution in [0.25, 0.3) is 0 Å². The number of rotatable bonds is 8. The van der Waals surface area contributed by atoms with Gasteiger partial charge in [-0.2, -0.15) is 0 Å². The zero-order valence-corrected chi connectivity index (χ0v) is 12.1. The molecule has 17 heavy (non-hydrogen) atoms. The van der Waals surface area contributed by atoms with Crippen molar-refractivity contribution in [2.75, 3.05) is 18.6 Å². The molecule has 1 unspecified atom stereocenters. The van der Waals surface area contributed by atoms with Crippen molar-refractivity contribution in [1.82, 2.24) is 5.32 Å². The van der Waals surface area contributed by atoms with Crippen molar-refractivity contribution < 1.29 is 8.42 Å². The van der Waals surface area contributed by atoms with Gasteiger partial charge in [-0.1, -0.05) is 19.8 Å². The Labute approximate surface area is 106 Å². The highest BCUT2D eigenvalue weighted by atomic mass is 32.2. The minimum absolute atomic E-state index is 0.348. The summed E-state index contributed by atoms with van der Waals surface area (Å²) in [7, 11) is -0.783. The molecular formula is C13H27NO2S. The molecule has 0 spiro atoms. The predicted molar refractivity (Wildman–Crippen MR) is 73.0 cm³/mol. The van der Waals surface area contributed by atoms with Gasteiger partial charge in [0.25, 0.3) is 0 Å². The topological polar surface area (TPSA) is 46.2 Å². The Morgan fingerprint density at radius 1 is 1.24 bits per heavy atom. The van der Waals surface area contributed by atoms with Gasteiger partial charge in [0.15, 0.2) is 0 Å². The van der Waals surface area contributed by atoms with E-state index in [1.54, 1.807) is 0 Å². The first kappa shape index (κ1) is 15.0. The van der Waals surface area contributed by atoms with Crippen LogP contribution in [0.5, 0.6) is 0 Å². The molecule has 0 saturated heterocycles. The maximum Gasteiger partial charge on any atom is 0.150 e. The summed E-state index contributed by atoms with van der Waals surface area (Å²) < 4.78 is 23.2. The maximum absolute atomic E-state index is 11.6. The summed E-state index contributed by atoms with van der Waals surface area (Å²) in [6.45, 7) is 1.92. The Hall–Kier alpha value is -0.0900. The van der Waals surface area contributed by atoms with Crippen LogP contribution < -0.4 is 5.32 Å². The first-order valence-electron chi connectivity index (χ1n) is 6.96. The van der Waals surface area contributed by atoms with E-state index in [-0.39, 0.29) is 0 Å². The molecule has 0 bridgehead atoms. The third kappa shape index (κ3) is 5.38. The fourth-order valence-corrected chi connectivity index (χ4v) is 4.34. The van der Waals surface area contributed by atoms with Crippen LogP contribution in [0.15, 0.2) is 0 Å². The Morgan fingerprint density at radius 2 is 1.88 bits per heavy atom. The first-order valence-corrected chi connectivity index (χ1v) is 8.79. The summed E-state index contributed by atoms with van der Waals surface area (Å²) in [5, 5.41) is 3.37. The molecule has 1 N–H and O–H groups in total. The Bertz CT molecular complexity index is 295. The summed E-state index contributed by atoms with van der Waals surface area (Å²) in [6, 6.07) is 0.523. The lowest BCUT2D eigenvalue weighted by atomic mass is 9.95. The molecule has 0 aromatic heterocycles. The molecule has 1 aliphatic carbocycles. The van der Waals surface area contributed by atoms with Crippen LogP contribution in [-0.2, 0) is 9.84 Å². The van der Waals surface area contributed by atoms with Crippen molar-refractivity contribution in [2.45, 2.75) is 57.9 Å². The first-order chi connectivity index (χ1) is 8.09. The van der Waals surface area contributed by atoms with Crippen molar-refractivity contribution in [3.05, 3.63) is 0 Å². The van der Waals surface area contributed by atoms with Crippen molar-refractivity contribution in [3.8, 4) is 0 Å². The third-order valence-corrected chi connectivity index (χ3v) is 5.77. The van der Waals surface area contributed by atoms with Crippen molar-refractivity contribution >= 4 is 9.84 Å². The molecule has 1 aliphatic rings. The van der Waals surface area contributed by atoms with Crippen LogP contribution in [0.4, 0.5) is 0 Å². The lowest BCUT2D eigenvalue weighted by Crippen LogP contribution is -2.32. The smallest absolute Gasteiger partial charge is 0.150 e. The van der Waals surface area contributed by atoms with Crippen LogP contribution in [0, 0.1) is 5.92 Å². The average molecular weight is 261 g/mol. The predicted octanol–water partition coefficient (Wildman–Crippen LogP) is 2.37. The fourth-order valence-electron chi connectivity index (χ4n) is 2.91. The van der Waals surface area contributed by atoms with E-state index < -0.39 is 9.84 Å².